The number of halogens is 1. The van der Waals surface area contributed by atoms with Crippen LogP contribution in [0.25, 0.3) is 0 Å². The minimum Gasteiger partial charge on any atom is -0.436 e. The number of hydrogen-bond donors (Lipinski definition) is 2. The van der Waals surface area contributed by atoms with Crippen LogP contribution in [0.15, 0.2) is 29.3 Å². The first-order valence-electron chi connectivity index (χ1n) is 4.82. The Labute approximate surface area is 107 Å². The molecule has 1 aromatic heterocycles. The third-order valence-electron chi connectivity index (χ3n) is 2.10. The summed E-state index contributed by atoms with van der Waals surface area (Å²) in [5.74, 6) is 0.161. The Morgan fingerprint density at radius 1 is 1.50 bits per heavy atom. The summed E-state index contributed by atoms with van der Waals surface area (Å²) in [7, 11) is 0. The Bertz CT molecular complexity index is 690. The molecule has 0 fully saturated rings. The van der Waals surface area contributed by atoms with Gasteiger partial charge in [-0.1, -0.05) is 11.6 Å². The fraction of sp³-hybridized carbons (Fsp3) is 0. The Hall–Kier alpha value is -2.52. The van der Waals surface area contributed by atoms with Gasteiger partial charge in [0.05, 0.1) is 11.9 Å². The lowest BCUT2D eigenvalue weighted by Crippen LogP contribution is -2.08. The monoisotopic (exact) mass is 262 g/mol. The van der Waals surface area contributed by atoms with Gasteiger partial charge in [0, 0.05) is 5.69 Å². The number of rotatable bonds is 2. The Balaban J connectivity index is 2.44. The van der Waals surface area contributed by atoms with Crippen LogP contribution in [-0.2, 0) is 0 Å². The lowest BCUT2D eigenvalue weighted by molar-refractivity contribution is 0.459. The fourth-order valence-electron chi connectivity index (χ4n) is 1.27. The van der Waals surface area contributed by atoms with Crippen LogP contribution < -0.4 is 16.0 Å². The Kier molecular flexibility index (Phi) is 3.17. The van der Waals surface area contributed by atoms with Crippen LogP contribution in [0.5, 0.6) is 11.6 Å². The van der Waals surface area contributed by atoms with Crippen molar-refractivity contribution < 1.29 is 4.74 Å². The second-order valence-electron chi connectivity index (χ2n) is 3.32. The largest absolute Gasteiger partial charge is 0.436 e. The molecule has 90 valence electrons. The van der Waals surface area contributed by atoms with Gasteiger partial charge in [-0.25, -0.2) is 4.98 Å². The zero-order valence-corrected chi connectivity index (χ0v) is 9.73. The van der Waals surface area contributed by atoms with Gasteiger partial charge in [0.15, 0.2) is 5.02 Å². The molecule has 1 heterocycles. The average molecular weight is 263 g/mol. The number of benzene rings is 1. The zero-order valence-electron chi connectivity index (χ0n) is 8.98. The van der Waals surface area contributed by atoms with Crippen molar-refractivity contribution in [2.45, 2.75) is 0 Å². The summed E-state index contributed by atoms with van der Waals surface area (Å²) in [5.41, 5.74) is 5.69. The van der Waals surface area contributed by atoms with E-state index in [1.54, 1.807) is 6.07 Å². The summed E-state index contributed by atoms with van der Waals surface area (Å²) in [4.78, 5) is 17.3. The molecule has 0 bridgehead atoms. The first-order chi connectivity index (χ1) is 8.61. The van der Waals surface area contributed by atoms with Gasteiger partial charge >= 0.3 is 0 Å². The molecule has 0 unspecified atom stereocenters. The molecule has 0 aliphatic carbocycles. The first kappa shape index (κ1) is 12.0. The van der Waals surface area contributed by atoms with E-state index in [0.717, 1.165) is 6.33 Å². The van der Waals surface area contributed by atoms with Crippen molar-refractivity contribution in [2.75, 3.05) is 5.73 Å². The van der Waals surface area contributed by atoms with Gasteiger partial charge in [0.2, 0.25) is 5.88 Å². The van der Waals surface area contributed by atoms with Gasteiger partial charge in [-0.3, -0.25) is 4.79 Å². The van der Waals surface area contributed by atoms with E-state index in [2.05, 4.69) is 9.97 Å². The highest BCUT2D eigenvalue weighted by Crippen LogP contribution is 2.27. The maximum atomic E-state index is 11.2. The number of nitriles is 1. The number of aromatic nitrogens is 2. The van der Waals surface area contributed by atoms with E-state index in [4.69, 9.17) is 27.3 Å². The highest BCUT2D eigenvalue weighted by molar-refractivity contribution is 6.31. The SMILES string of the molecule is N#Cc1cc(N)ccc1Oc1nc[nH]c(=O)c1Cl. The highest BCUT2D eigenvalue weighted by Gasteiger charge is 2.11. The second kappa shape index (κ2) is 4.77. The van der Waals surface area contributed by atoms with E-state index in [-0.39, 0.29) is 22.2 Å². The minimum atomic E-state index is -0.518. The summed E-state index contributed by atoms with van der Waals surface area (Å²) in [6.45, 7) is 0. The molecule has 18 heavy (non-hydrogen) atoms. The number of nitrogen functional groups attached to an aromatic ring is 1. The summed E-state index contributed by atoms with van der Waals surface area (Å²) < 4.78 is 5.33. The molecule has 0 spiro atoms. The first-order valence-corrected chi connectivity index (χ1v) is 5.20. The van der Waals surface area contributed by atoms with E-state index in [9.17, 15) is 4.79 Å². The van der Waals surface area contributed by atoms with Crippen molar-refractivity contribution in [3.05, 3.63) is 45.5 Å². The van der Waals surface area contributed by atoms with E-state index >= 15 is 0 Å². The van der Waals surface area contributed by atoms with Crippen molar-refractivity contribution in [1.82, 2.24) is 9.97 Å². The van der Waals surface area contributed by atoms with E-state index in [1.807, 2.05) is 6.07 Å². The molecule has 7 heteroatoms. The molecule has 0 amide bonds. The highest BCUT2D eigenvalue weighted by atomic mass is 35.5. The number of nitrogens with zero attached hydrogens (tertiary/aromatic N) is 2. The summed E-state index contributed by atoms with van der Waals surface area (Å²) >= 11 is 5.73. The lowest BCUT2D eigenvalue weighted by atomic mass is 10.2. The smallest absolute Gasteiger partial charge is 0.273 e. The predicted molar refractivity (Wildman–Crippen MR) is 65.5 cm³/mol. The van der Waals surface area contributed by atoms with E-state index < -0.39 is 5.56 Å². The predicted octanol–water partition coefficient (Wildman–Crippen LogP) is 1.67. The molecule has 2 aromatic rings. The number of H-pyrrole nitrogens is 1. The third kappa shape index (κ3) is 2.26. The standard InChI is InChI=1S/C11H7ClN4O2/c12-9-10(17)15-5-16-11(9)18-8-2-1-7(14)3-6(8)4-13/h1-3,5H,14H2,(H,15,16,17). The van der Waals surface area contributed by atoms with Crippen molar-refractivity contribution in [3.8, 4) is 17.7 Å². The van der Waals surface area contributed by atoms with Crippen LogP contribution in [0.3, 0.4) is 0 Å². The molecule has 0 atom stereocenters. The van der Waals surface area contributed by atoms with Gasteiger partial charge < -0.3 is 15.5 Å². The number of nitrogens with one attached hydrogen (secondary N) is 1. The zero-order chi connectivity index (χ0) is 13.1. The molecule has 2 rings (SSSR count). The quantitative estimate of drug-likeness (QED) is 0.801. The van der Waals surface area contributed by atoms with Gasteiger partial charge in [-0.15, -0.1) is 0 Å². The molecule has 0 saturated carbocycles. The van der Waals surface area contributed by atoms with Gasteiger partial charge in [-0.05, 0) is 18.2 Å². The van der Waals surface area contributed by atoms with Crippen LogP contribution in [-0.4, -0.2) is 9.97 Å². The normalized spacial score (nSPS) is 9.78. The van der Waals surface area contributed by atoms with E-state index in [0.29, 0.717) is 5.69 Å². The molecule has 3 N–H and O–H groups in total. The van der Waals surface area contributed by atoms with Gasteiger partial charge in [0.25, 0.3) is 5.56 Å². The number of hydrogen-bond acceptors (Lipinski definition) is 5. The molecule has 0 radical (unpaired) electrons. The molecule has 0 aliphatic heterocycles. The maximum absolute atomic E-state index is 11.2. The molecule has 6 nitrogen and oxygen atoms in total. The van der Waals surface area contributed by atoms with Crippen molar-refractivity contribution in [3.63, 3.8) is 0 Å². The van der Waals surface area contributed by atoms with Crippen molar-refractivity contribution >= 4 is 17.3 Å². The Morgan fingerprint density at radius 2 is 2.28 bits per heavy atom. The molecule has 0 aliphatic rings. The number of aromatic amines is 1. The van der Waals surface area contributed by atoms with Gasteiger partial charge in [-0.2, -0.15) is 5.26 Å². The summed E-state index contributed by atoms with van der Waals surface area (Å²) in [6.07, 6.45) is 1.16. The van der Waals surface area contributed by atoms with Crippen LogP contribution in [0.2, 0.25) is 5.02 Å². The molecular weight excluding hydrogens is 256 g/mol. The fourth-order valence-corrected chi connectivity index (χ4v) is 1.41. The summed E-state index contributed by atoms with van der Waals surface area (Å²) in [5, 5.41) is 8.76. The summed E-state index contributed by atoms with van der Waals surface area (Å²) in [6, 6.07) is 6.46. The second-order valence-corrected chi connectivity index (χ2v) is 3.70. The maximum Gasteiger partial charge on any atom is 0.273 e. The average Bonchev–Trinajstić information content (AvgIpc) is 2.37. The Morgan fingerprint density at radius 3 is 3.00 bits per heavy atom. The lowest BCUT2D eigenvalue weighted by Gasteiger charge is -2.07. The molecular formula is C11H7ClN4O2. The third-order valence-corrected chi connectivity index (χ3v) is 2.43. The molecule has 1 aromatic carbocycles. The topological polar surface area (TPSA) is 105 Å². The minimum absolute atomic E-state index is 0.0679. The van der Waals surface area contributed by atoms with E-state index in [1.165, 1.54) is 12.1 Å². The number of ether oxygens (including phenoxy) is 1. The van der Waals surface area contributed by atoms with Crippen LogP contribution in [0, 0.1) is 11.3 Å². The van der Waals surface area contributed by atoms with Crippen LogP contribution in [0.1, 0.15) is 5.56 Å². The van der Waals surface area contributed by atoms with Gasteiger partial charge in [0.1, 0.15) is 11.8 Å². The van der Waals surface area contributed by atoms with Crippen molar-refractivity contribution in [1.29, 1.82) is 5.26 Å². The number of anilines is 1. The number of nitrogens with two attached hydrogens (primary N) is 1. The van der Waals surface area contributed by atoms with Crippen LogP contribution in [0.4, 0.5) is 5.69 Å². The molecule has 0 saturated heterocycles. The van der Waals surface area contributed by atoms with Crippen molar-refractivity contribution in [2.24, 2.45) is 0 Å². The van der Waals surface area contributed by atoms with Crippen LogP contribution >= 0.6 is 11.6 Å².